The van der Waals surface area contributed by atoms with Gasteiger partial charge in [0.05, 0.1) is 24.5 Å². The van der Waals surface area contributed by atoms with E-state index in [1.807, 2.05) is 6.07 Å². The minimum atomic E-state index is -0.968. The molecule has 148 valence electrons. The maximum atomic E-state index is 13.9. The van der Waals surface area contributed by atoms with Gasteiger partial charge in [0.25, 0.3) is 0 Å². The smallest absolute Gasteiger partial charge is 0.224 e. The summed E-state index contributed by atoms with van der Waals surface area (Å²) < 4.78 is 46.5. The lowest BCUT2D eigenvalue weighted by molar-refractivity contribution is -0.123. The Labute approximate surface area is 161 Å². The van der Waals surface area contributed by atoms with Crippen LogP contribution in [0.2, 0.25) is 0 Å². The quantitative estimate of drug-likeness (QED) is 0.768. The molecule has 2 aliphatic carbocycles. The Bertz CT molecular complexity index is 861. The molecule has 0 bridgehead atoms. The number of amides is 1. The highest BCUT2D eigenvalue weighted by atomic mass is 19.1. The predicted octanol–water partition coefficient (Wildman–Crippen LogP) is 4.27. The molecule has 3 atom stereocenters. The largest absolute Gasteiger partial charge is 0.492 e. The number of rotatable bonds is 7. The molecule has 28 heavy (non-hydrogen) atoms. The van der Waals surface area contributed by atoms with Gasteiger partial charge in [-0.1, -0.05) is 0 Å². The summed E-state index contributed by atoms with van der Waals surface area (Å²) in [6.45, 7) is 2.49. The first-order valence-electron chi connectivity index (χ1n) is 9.46. The zero-order valence-corrected chi connectivity index (χ0v) is 15.4. The zero-order valence-electron chi connectivity index (χ0n) is 15.4. The van der Waals surface area contributed by atoms with Crippen LogP contribution in [0.25, 0.3) is 0 Å². The average Bonchev–Trinajstić information content (AvgIpc) is 3.54. The van der Waals surface area contributed by atoms with Gasteiger partial charge in [-0.15, -0.1) is 0 Å². The van der Waals surface area contributed by atoms with E-state index in [0.717, 1.165) is 0 Å². The second-order valence-corrected chi connectivity index (χ2v) is 7.64. The van der Waals surface area contributed by atoms with Gasteiger partial charge < -0.3 is 10.1 Å². The highest BCUT2D eigenvalue weighted by molar-refractivity contribution is 5.83. The number of aromatic nitrogens is 1. The minimum absolute atomic E-state index is 0.218. The van der Waals surface area contributed by atoms with Crippen LogP contribution in [0.4, 0.5) is 13.2 Å². The highest BCUT2D eigenvalue weighted by Crippen LogP contribution is 2.49. The first kappa shape index (κ1) is 18.8. The van der Waals surface area contributed by atoms with Crippen LogP contribution in [-0.2, 0) is 4.79 Å². The number of nitrogens with one attached hydrogen (secondary N) is 1. The summed E-state index contributed by atoms with van der Waals surface area (Å²) in [6.07, 6.45) is 4.38. The normalized spacial score (nSPS) is 21.9. The van der Waals surface area contributed by atoms with E-state index in [-0.39, 0.29) is 17.5 Å². The maximum absolute atomic E-state index is 13.9. The standard InChI is InChI=1S/C21H21F3N2O2/c1-11(19-5-4-14(9-25-19)28-10-12-2-3-12)26-21(27)16-8-15(16)20-17(23)6-13(22)7-18(20)24/h4-7,9,11-12,15-16H,2-3,8,10H2,1H3,(H,26,27)/t11-,15+,16+/m1/s1. The van der Waals surface area contributed by atoms with E-state index in [1.54, 1.807) is 19.2 Å². The molecule has 7 heteroatoms. The Morgan fingerprint density at radius 2 is 1.96 bits per heavy atom. The first-order valence-corrected chi connectivity index (χ1v) is 9.46. The van der Waals surface area contributed by atoms with E-state index in [2.05, 4.69) is 10.3 Å². The van der Waals surface area contributed by atoms with Crippen molar-refractivity contribution in [2.24, 2.45) is 11.8 Å². The van der Waals surface area contributed by atoms with Gasteiger partial charge in [0.2, 0.25) is 5.91 Å². The van der Waals surface area contributed by atoms with Crippen molar-refractivity contribution in [3.63, 3.8) is 0 Å². The number of pyridine rings is 1. The number of ether oxygens (including phenoxy) is 1. The van der Waals surface area contributed by atoms with Crippen molar-refractivity contribution in [2.75, 3.05) is 6.61 Å². The topological polar surface area (TPSA) is 51.2 Å². The summed E-state index contributed by atoms with van der Waals surface area (Å²) >= 11 is 0. The minimum Gasteiger partial charge on any atom is -0.492 e. The molecule has 1 heterocycles. The molecule has 2 aliphatic rings. The zero-order chi connectivity index (χ0) is 19.8. The number of benzene rings is 1. The summed E-state index contributed by atoms with van der Waals surface area (Å²) in [5, 5.41) is 2.83. The molecule has 4 rings (SSSR count). The molecular weight excluding hydrogens is 369 g/mol. The molecule has 1 aromatic heterocycles. The van der Waals surface area contributed by atoms with Gasteiger partial charge in [0, 0.05) is 29.5 Å². The van der Waals surface area contributed by atoms with Crippen LogP contribution < -0.4 is 10.1 Å². The van der Waals surface area contributed by atoms with Crippen molar-refractivity contribution in [3.8, 4) is 5.75 Å². The molecule has 0 unspecified atom stereocenters. The number of hydrogen-bond donors (Lipinski definition) is 1. The lowest BCUT2D eigenvalue weighted by Gasteiger charge is -2.14. The SMILES string of the molecule is C[C@@H](NC(=O)[C@H]1C[C@@H]1c1c(F)cc(F)cc1F)c1ccc(OCC2CC2)cn1. The monoisotopic (exact) mass is 390 g/mol. The second kappa shape index (κ2) is 7.45. The summed E-state index contributed by atoms with van der Waals surface area (Å²) in [5.41, 5.74) is 0.452. The number of carbonyl (C=O) groups is 1. The molecule has 0 saturated heterocycles. The van der Waals surface area contributed by atoms with E-state index < -0.39 is 29.3 Å². The Morgan fingerprint density at radius 1 is 1.25 bits per heavy atom. The summed E-state index contributed by atoms with van der Waals surface area (Å²) in [4.78, 5) is 16.8. The predicted molar refractivity (Wildman–Crippen MR) is 96.2 cm³/mol. The number of carbonyl (C=O) groups excluding carboxylic acids is 1. The molecule has 1 aromatic carbocycles. The second-order valence-electron chi connectivity index (χ2n) is 7.64. The summed E-state index contributed by atoms with van der Waals surface area (Å²) in [7, 11) is 0. The van der Waals surface area contributed by atoms with E-state index in [0.29, 0.717) is 42.5 Å². The molecule has 2 aromatic rings. The fraction of sp³-hybridized carbons (Fsp3) is 0.429. The van der Waals surface area contributed by atoms with Crippen molar-refractivity contribution >= 4 is 5.91 Å². The third kappa shape index (κ3) is 4.13. The van der Waals surface area contributed by atoms with E-state index in [4.69, 9.17) is 4.74 Å². The third-order valence-corrected chi connectivity index (χ3v) is 5.29. The fourth-order valence-electron chi connectivity index (χ4n) is 3.34. The van der Waals surface area contributed by atoms with Gasteiger partial charge in [0.1, 0.15) is 23.2 Å². The van der Waals surface area contributed by atoms with Crippen LogP contribution in [0, 0.1) is 29.3 Å². The Morgan fingerprint density at radius 3 is 2.57 bits per heavy atom. The lowest BCUT2D eigenvalue weighted by Crippen LogP contribution is -2.29. The lowest BCUT2D eigenvalue weighted by atomic mass is 10.1. The van der Waals surface area contributed by atoms with Gasteiger partial charge in [-0.05, 0) is 44.2 Å². The van der Waals surface area contributed by atoms with E-state index >= 15 is 0 Å². The van der Waals surface area contributed by atoms with Crippen molar-refractivity contribution in [1.29, 1.82) is 0 Å². The van der Waals surface area contributed by atoms with Crippen LogP contribution in [0.5, 0.6) is 5.75 Å². The number of halogens is 3. The molecule has 0 aliphatic heterocycles. The molecule has 1 amide bonds. The fourth-order valence-corrected chi connectivity index (χ4v) is 3.34. The molecular formula is C21H21F3N2O2. The molecule has 1 N–H and O–H groups in total. The molecule has 4 nitrogen and oxygen atoms in total. The highest BCUT2D eigenvalue weighted by Gasteiger charge is 2.47. The van der Waals surface area contributed by atoms with Gasteiger partial charge in [-0.3, -0.25) is 9.78 Å². The first-order chi connectivity index (χ1) is 13.4. The Kier molecular flexibility index (Phi) is 5.00. The molecule has 2 fully saturated rings. The van der Waals surface area contributed by atoms with Crippen molar-refractivity contribution in [1.82, 2.24) is 10.3 Å². The molecule has 0 radical (unpaired) electrons. The van der Waals surface area contributed by atoms with Gasteiger partial charge in [-0.25, -0.2) is 13.2 Å². The van der Waals surface area contributed by atoms with Crippen LogP contribution >= 0.6 is 0 Å². The maximum Gasteiger partial charge on any atom is 0.224 e. The van der Waals surface area contributed by atoms with Gasteiger partial charge in [0.15, 0.2) is 0 Å². The Balaban J connectivity index is 1.34. The summed E-state index contributed by atoms with van der Waals surface area (Å²) in [5.74, 6) is -2.92. The third-order valence-electron chi connectivity index (χ3n) is 5.29. The molecule has 2 saturated carbocycles. The summed E-state index contributed by atoms with van der Waals surface area (Å²) in [6, 6.07) is 4.54. The van der Waals surface area contributed by atoms with Crippen LogP contribution in [0.15, 0.2) is 30.5 Å². The van der Waals surface area contributed by atoms with Crippen LogP contribution in [0.1, 0.15) is 49.4 Å². The number of nitrogens with zero attached hydrogens (tertiary/aromatic N) is 1. The Hall–Kier alpha value is -2.57. The van der Waals surface area contributed by atoms with Gasteiger partial charge >= 0.3 is 0 Å². The number of hydrogen-bond acceptors (Lipinski definition) is 3. The van der Waals surface area contributed by atoms with E-state index in [9.17, 15) is 18.0 Å². The van der Waals surface area contributed by atoms with Crippen LogP contribution in [0.3, 0.4) is 0 Å². The van der Waals surface area contributed by atoms with Crippen molar-refractivity contribution < 1.29 is 22.7 Å². The van der Waals surface area contributed by atoms with Crippen molar-refractivity contribution in [3.05, 3.63) is 59.2 Å². The van der Waals surface area contributed by atoms with Crippen molar-refractivity contribution in [2.45, 2.75) is 38.1 Å². The van der Waals surface area contributed by atoms with E-state index in [1.165, 1.54) is 12.8 Å². The molecule has 0 spiro atoms. The van der Waals surface area contributed by atoms with Gasteiger partial charge in [-0.2, -0.15) is 0 Å². The van der Waals surface area contributed by atoms with Crippen LogP contribution in [-0.4, -0.2) is 17.5 Å². The average molecular weight is 390 g/mol.